The molecule has 0 saturated carbocycles. The van der Waals surface area contributed by atoms with Gasteiger partial charge in [0.05, 0.1) is 3.79 Å². The molecule has 7 nitrogen and oxygen atoms in total. The molecule has 0 N–H and O–H groups in total. The molecule has 0 spiro atoms. The van der Waals surface area contributed by atoms with Crippen molar-refractivity contribution in [2.24, 2.45) is 0 Å². The zero-order valence-electron chi connectivity index (χ0n) is 14.2. The average molecular weight is 458 g/mol. The summed E-state index contributed by atoms with van der Waals surface area (Å²) in [6.45, 7) is 4.22. The van der Waals surface area contributed by atoms with E-state index in [0.29, 0.717) is 30.4 Å². The molecule has 0 atom stereocenters. The van der Waals surface area contributed by atoms with Gasteiger partial charge in [-0.1, -0.05) is 0 Å². The molecular formula is C16H20BrN5O2S2. The minimum Gasteiger partial charge on any atom is -0.355 e. The van der Waals surface area contributed by atoms with Crippen LogP contribution in [0.5, 0.6) is 0 Å². The second kappa shape index (κ2) is 7.41. The molecule has 10 heteroatoms. The summed E-state index contributed by atoms with van der Waals surface area (Å²) in [7, 11) is -3.41. The van der Waals surface area contributed by atoms with Crippen LogP contribution in [0.2, 0.25) is 0 Å². The first-order valence-corrected chi connectivity index (χ1v) is 11.7. The highest BCUT2D eigenvalue weighted by molar-refractivity contribution is 9.11. The number of hydrogen-bond donors (Lipinski definition) is 0. The zero-order valence-corrected chi connectivity index (χ0v) is 17.4. The first-order chi connectivity index (χ1) is 12.5. The van der Waals surface area contributed by atoms with Gasteiger partial charge in [-0.05, 0) is 53.0 Å². The molecule has 0 aromatic carbocycles. The lowest BCUT2D eigenvalue weighted by atomic mass is 10.3. The maximum absolute atomic E-state index is 12.7. The number of sulfonamides is 1. The second-order valence-corrected chi connectivity index (χ2v) is 11.0. The van der Waals surface area contributed by atoms with Crippen LogP contribution in [0.25, 0.3) is 0 Å². The molecule has 2 saturated heterocycles. The Balaban J connectivity index is 1.40. The fourth-order valence-corrected chi connectivity index (χ4v) is 6.91. The van der Waals surface area contributed by atoms with E-state index in [1.54, 1.807) is 16.4 Å². The fourth-order valence-electron chi connectivity index (χ4n) is 3.32. The third-order valence-corrected chi connectivity index (χ3v) is 8.76. The van der Waals surface area contributed by atoms with Crippen LogP contribution in [0.1, 0.15) is 12.8 Å². The fraction of sp³-hybridized carbons (Fsp3) is 0.500. The van der Waals surface area contributed by atoms with E-state index in [-0.39, 0.29) is 0 Å². The number of anilines is 2. The van der Waals surface area contributed by atoms with E-state index in [1.807, 2.05) is 12.1 Å². The average Bonchev–Trinajstić information content (AvgIpc) is 3.34. The number of thiophene rings is 1. The summed E-state index contributed by atoms with van der Waals surface area (Å²) in [5.41, 5.74) is 0. The predicted molar refractivity (Wildman–Crippen MR) is 106 cm³/mol. The topological polar surface area (TPSA) is 69.6 Å². The molecule has 0 unspecified atom stereocenters. The standard InChI is InChI=1S/C16H20BrN5O2S2/c17-13-3-6-16(25-13)26(23,24)22-11-9-21(10-12-22)15-5-4-14(18-19-15)20-7-1-2-8-20/h3-6H,1-2,7-12H2. The first kappa shape index (κ1) is 18.1. The van der Waals surface area contributed by atoms with Crippen molar-refractivity contribution in [1.29, 1.82) is 0 Å². The third kappa shape index (κ3) is 3.60. The van der Waals surface area contributed by atoms with E-state index in [9.17, 15) is 8.42 Å². The molecule has 2 aliphatic heterocycles. The van der Waals surface area contributed by atoms with Crippen molar-refractivity contribution in [3.63, 3.8) is 0 Å². The van der Waals surface area contributed by atoms with Crippen LogP contribution >= 0.6 is 27.3 Å². The number of halogens is 1. The summed E-state index contributed by atoms with van der Waals surface area (Å²) in [5, 5.41) is 8.71. The Morgan fingerprint density at radius 1 is 0.846 bits per heavy atom. The van der Waals surface area contributed by atoms with Gasteiger partial charge in [0, 0.05) is 39.3 Å². The van der Waals surface area contributed by atoms with E-state index in [0.717, 1.165) is 28.5 Å². The maximum atomic E-state index is 12.7. The van der Waals surface area contributed by atoms with Crippen molar-refractivity contribution in [3.05, 3.63) is 28.1 Å². The first-order valence-electron chi connectivity index (χ1n) is 8.63. The van der Waals surface area contributed by atoms with Crippen LogP contribution in [-0.2, 0) is 10.0 Å². The van der Waals surface area contributed by atoms with E-state index in [4.69, 9.17) is 0 Å². The summed E-state index contributed by atoms with van der Waals surface area (Å²) in [4.78, 5) is 4.34. The molecule has 140 valence electrons. The summed E-state index contributed by atoms with van der Waals surface area (Å²) < 4.78 is 28.2. The van der Waals surface area contributed by atoms with E-state index in [2.05, 4.69) is 35.9 Å². The lowest BCUT2D eigenvalue weighted by molar-refractivity contribution is 0.384. The smallest absolute Gasteiger partial charge is 0.252 e. The van der Waals surface area contributed by atoms with Crippen LogP contribution in [0, 0.1) is 0 Å². The molecule has 2 fully saturated rings. The van der Waals surface area contributed by atoms with Gasteiger partial charge in [-0.3, -0.25) is 0 Å². The molecule has 4 heterocycles. The number of hydrogen-bond acceptors (Lipinski definition) is 7. The van der Waals surface area contributed by atoms with Crippen LogP contribution in [0.15, 0.2) is 32.3 Å². The molecule has 0 radical (unpaired) electrons. The molecular weight excluding hydrogens is 438 g/mol. The largest absolute Gasteiger partial charge is 0.355 e. The number of rotatable bonds is 4. The molecule has 4 rings (SSSR count). The van der Waals surface area contributed by atoms with Crippen molar-refractivity contribution in [2.75, 3.05) is 49.1 Å². The highest BCUT2D eigenvalue weighted by atomic mass is 79.9. The lowest BCUT2D eigenvalue weighted by Gasteiger charge is -2.34. The highest BCUT2D eigenvalue weighted by Crippen LogP contribution is 2.29. The summed E-state index contributed by atoms with van der Waals surface area (Å²) in [6.07, 6.45) is 2.42. The van der Waals surface area contributed by atoms with Gasteiger partial charge in [0.2, 0.25) is 0 Å². The minimum absolute atomic E-state index is 0.382. The van der Waals surface area contributed by atoms with Gasteiger partial charge in [-0.25, -0.2) is 8.42 Å². The predicted octanol–water partition coefficient (Wildman–Crippen LogP) is 2.41. The van der Waals surface area contributed by atoms with Gasteiger partial charge in [0.25, 0.3) is 10.0 Å². The normalized spacial score (nSPS) is 19.3. The Kier molecular flexibility index (Phi) is 5.18. The molecule has 2 aromatic rings. The van der Waals surface area contributed by atoms with Gasteiger partial charge >= 0.3 is 0 Å². The van der Waals surface area contributed by atoms with Crippen LogP contribution in [0.4, 0.5) is 11.6 Å². The van der Waals surface area contributed by atoms with E-state index >= 15 is 0 Å². The second-order valence-electron chi connectivity index (χ2n) is 6.39. The number of piperazine rings is 1. The Morgan fingerprint density at radius 2 is 1.42 bits per heavy atom. The Morgan fingerprint density at radius 3 is 1.92 bits per heavy atom. The molecule has 2 aliphatic rings. The Bertz CT molecular complexity index is 857. The zero-order chi connectivity index (χ0) is 18.1. The Labute approximate surface area is 165 Å². The Hall–Kier alpha value is -1.23. The highest BCUT2D eigenvalue weighted by Gasteiger charge is 2.30. The van der Waals surface area contributed by atoms with Crippen LogP contribution in [0.3, 0.4) is 0 Å². The SMILES string of the molecule is O=S(=O)(c1ccc(Br)s1)N1CCN(c2ccc(N3CCCC3)nn2)CC1. The monoisotopic (exact) mass is 457 g/mol. The van der Waals surface area contributed by atoms with Crippen molar-refractivity contribution < 1.29 is 8.42 Å². The molecule has 0 aliphatic carbocycles. The number of aromatic nitrogens is 2. The summed E-state index contributed by atoms with van der Waals surface area (Å²) in [5.74, 6) is 1.74. The van der Waals surface area contributed by atoms with E-state index in [1.165, 1.54) is 24.2 Å². The van der Waals surface area contributed by atoms with Crippen LogP contribution < -0.4 is 9.80 Å². The van der Waals surface area contributed by atoms with Crippen molar-refractivity contribution in [2.45, 2.75) is 17.1 Å². The quantitative estimate of drug-likeness (QED) is 0.701. The summed E-state index contributed by atoms with van der Waals surface area (Å²) in [6, 6.07) is 7.42. The molecule has 0 amide bonds. The van der Waals surface area contributed by atoms with Crippen molar-refractivity contribution in [3.8, 4) is 0 Å². The third-order valence-electron chi connectivity index (χ3n) is 4.77. The van der Waals surface area contributed by atoms with Gasteiger partial charge in [0.15, 0.2) is 11.6 Å². The molecule has 26 heavy (non-hydrogen) atoms. The minimum atomic E-state index is -3.41. The van der Waals surface area contributed by atoms with Gasteiger partial charge in [0.1, 0.15) is 4.21 Å². The van der Waals surface area contributed by atoms with Crippen molar-refractivity contribution >= 4 is 48.9 Å². The lowest BCUT2D eigenvalue weighted by Crippen LogP contribution is -2.48. The van der Waals surface area contributed by atoms with Crippen molar-refractivity contribution in [1.82, 2.24) is 14.5 Å². The van der Waals surface area contributed by atoms with Crippen LogP contribution in [-0.4, -0.2) is 62.2 Å². The number of nitrogens with zero attached hydrogens (tertiary/aromatic N) is 5. The van der Waals surface area contributed by atoms with Gasteiger partial charge < -0.3 is 9.80 Å². The van der Waals surface area contributed by atoms with Gasteiger partial charge in [-0.2, -0.15) is 4.31 Å². The van der Waals surface area contributed by atoms with E-state index < -0.39 is 10.0 Å². The molecule has 0 bridgehead atoms. The molecule has 2 aromatic heterocycles. The van der Waals surface area contributed by atoms with Gasteiger partial charge in [-0.15, -0.1) is 21.5 Å². The maximum Gasteiger partial charge on any atom is 0.252 e. The summed E-state index contributed by atoms with van der Waals surface area (Å²) >= 11 is 4.57.